The summed E-state index contributed by atoms with van der Waals surface area (Å²) >= 11 is 0. The summed E-state index contributed by atoms with van der Waals surface area (Å²) in [6, 6.07) is 56.2. The minimum absolute atomic E-state index is 0.139. The van der Waals surface area contributed by atoms with Crippen LogP contribution < -0.4 is 25.6 Å². The summed E-state index contributed by atoms with van der Waals surface area (Å²) in [4.78, 5) is 2.28. The van der Waals surface area contributed by atoms with Gasteiger partial charge in [0.1, 0.15) is 0 Å². The summed E-state index contributed by atoms with van der Waals surface area (Å²) in [6.07, 6.45) is 0. The summed E-state index contributed by atoms with van der Waals surface area (Å²) in [5.41, 5.74) is 12.9. The second kappa shape index (κ2) is 13.2. The third kappa shape index (κ3) is 4.94. The highest BCUT2D eigenvalue weighted by atomic mass is 28.3. The van der Waals surface area contributed by atoms with Crippen LogP contribution in [-0.2, 0) is 10.8 Å². The Balaban J connectivity index is 1.17. The van der Waals surface area contributed by atoms with E-state index in [1.54, 1.807) is 0 Å². The molecule has 0 fully saturated rings. The van der Waals surface area contributed by atoms with Crippen molar-refractivity contribution in [1.82, 2.24) is 0 Å². The molecule has 1 atom stereocenters. The molecule has 0 aromatic heterocycles. The first-order chi connectivity index (χ1) is 33.2. The van der Waals surface area contributed by atoms with Crippen molar-refractivity contribution >= 4 is 45.9 Å². The van der Waals surface area contributed by atoms with Gasteiger partial charge in [-0.1, -0.05) is 196 Å². The normalized spacial score (nSPS) is 18.6. The maximum Gasteiger partial charge on any atom is 0.180 e. The fourth-order valence-electron chi connectivity index (χ4n) is 11.0. The van der Waals surface area contributed by atoms with Gasteiger partial charge in [0.2, 0.25) is 0 Å². The highest BCUT2D eigenvalue weighted by Gasteiger charge is 2.49. The van der Waals surface area contributed by atoms with Crippen molar-refractivity contribution in [3.05, 3.63) is 246 Å². The minimum atomic E-state index is -4.02. The van der Waals surface area contributed by atoms with E-state index in [0.29, 0.717) is 10.4 Å². The zero-order valence-electron chi connectivity index (χ0n) is 42.1. The number of nitrogens with zero attached hydrogens (tertiary/aromatic N) is 1. The molecule has 0 amide bonds. The molecule has 61 heavy (non-hydrogen) atoms. The molecular weight excluding hydrogens is 751 g/mol. The van der Waals surface area contributed by atoms with Crippen molar-refractivity contribution in [2.24, 2.45) is 0 Å². The van der Waals surface area contributed by atoms with E-state index in [1.165, 1.54) is 44.5 Å². The predicted molar refractivity (Wildman–Crippen MR) is 259 cm³/mol. The molecule has 1 heterocycles. The van der Waals surface area contributed by atoms with Crippen molar-refractivity contribution in [2.45, 2.75) is 31.6 Å². The van der Waals surface area contributed by atoms with Crippen molar-refractivity contribution in [2.75, 3.05) is 4.90 Å². The summed E-state index contributed by atoms with van der Waals surface area (Å²) in [6.45, 7) is 6.86. The smallest absolute Gasteiger partial charge is 0.180 e. The zero-order chi connectivity index (χ0) is 47.9. The third-order valence-corrected chi connectivity index (χ3v) is 18.5. The van der Waals surface area contributed by atoms with Crippen LogP contribution in [0.15, 0.2) is 218 Å². The van der Waals surface area contributed by atoms with Crippen LogP contribution in [0.5, 0.6) is 0 Å². The molecule has 0 saturated carbocycles. The van der Waals surface area contributed by atoms with Crippen LogP contribution in [0, 0.1) is 0 Å². The van der Waals surface area contributed by atoms with Gasteiger partial charge in [-0.3, -0.25) is 0 Å². The number of benzene rings is 9. The van der Waals surface area contributed by atoms with E-state index in [-0.39, 0.29) is 40.7 Å². The largest absolute Gasteiger partial charge is 0.310 e. The SMILES string of the molecule is [2H]c1c([2H])c([2H])c2c(c1[2H])-c1c([2H])c([2H])c([2H])c([2H])c1[Si]2(c1ccccc1)c1cccc(N(c2ccc3c(c2)C(C)(C)c2ccccc2-3)c2ccc3c(c2)C(C)(c2ccccc2)c2ccccc2-3)c1. The first-order valence-corrected chi connectivity index (χ1v) is 22.9. The molecule has 0 spiro atoms. The Hall–Kier alpha value is -7.00. The standard InChI is InChI=1S/C59H45NSi/c1-58(2)52-29-14-10-25-46(52)48-35-33-42(38-54(48)58)60(43-34-36-49-47-26-11-15-30-53(47)59(3,55(49)39-43)40-19-6-4-7-20-40)41-21-18-24-45(37-41)61(44-22-8-5-9-23-44)56-31-16-12-27-50(56)51-28-13-17-32-57(51)61/h4-39H,1-3H3/i12D,13D,16D,17D,27D,28D,31D,32D. The Kier molecular flexibility index (Phi) is 6.18. The molecule has 0 radical (unpaired) electrons. The van der Waals surface area contributed by atoms with Crippen LogP contribution >= 0.6 is 0 Å². The predicted octanol–water partition coefficient (Wildman–Crippen LogP) is 12.2. The Morgan fingerprint density at radius 2 is 0.885 bits per heavy atom. The maximum absolute atomic E-state index is 9.71. The van der Waals surface area contributed by atoms with Gasteiger partial charge in [-0.2, -0.15) is 0 Å². The molecular formula is C59H45NSi. The van der Waals surface area contributed by atoms with E-state index in [2.05, 4.69) is 153 Å². The molecule has 1 aliphatic heterocycles. The highest BCUT2D eigenvalue weighted by molar-refractivity contribution is 7.22. The molecule has 290 valence electrons. The zero-order valence-corrected chi connectivity index (χ0v) is 35.1. The highest BCUT2D eigenvalue weighted by Crippen LogP contribution is 2.55. The minimum Gasteiger partial charge on any atom is -0.310 e. The van der Waals surface area contributed by atoms with E-state index in [4.69, 9.17) is 5.48 Å². The van der Waals surface area contributed by atoms with Crippen LogP contribution in [0.4, 0.5) is 17.1 Å². The second-order valence-corrected chi connectivity index (χ2v) is 20.8. The fourth-order valence-corrected chi connectivity index (χ4v) is 15.7. The maximum atomic E-state index is 9.71. The molecule has 1 unspecified atom stereocenters. The Labute approximate surface area is 371 Å². The Morgan fingerprint density at radius 1 is 0.393 bits per heavy atom. The van der Waals surface area contributed by atoms with Gasteiger partial charge in [0, 0.05) is 27.9 Å². The molecule has 0 N–H and O–H groups in total. The van der Waals surface area contributed by atoms with E-state index in [0.717, 1.165) is 33.0 Å². The van der Waals surface area contributed by atoms with E-state index < -0.39 is 37.7 Å². The lowest BCUT2D eigenvalue weighted by atomic mass is 9.74. The molecule has 1 nitrogen and oxygen atoms in total. The van der Waals surface area contributed by atoms with Crippen LogP contribution in [0.1, 0.15) is 59.6 Å². The molecule has 2 aliphatic carbocycles. The van der Waals surface area contributed by atoms with Crippen LogP contribution in [0.25, 0.3) is 33.4 Å². The molecule has 2 heteroatoms. The van der Waals surface area contributed by atoms with Crippen LogP contribution in [0.3, 0.4) is 0 Å². The van der Waals surface area contributed by atoms with Crippen molar-refractivity contribution < 1.29 is 11.0 Å². The van der Waals surface area contributed by atoms with E-state index in [9.17, 15) is 5.48 Å². The fraction of sp³-hybridized carbons (Fsp3) is 0.0847. The van der Waals surface area contributed by atoms with Crippen molar-refractivity contribution in [3.63, 3.8) is 0 Å². The summed E-state index contributed by atoms with van der Waals surface area (Å²) in [5, 5.41) is 2.13. The average Bonchev–Trinajstić information content (AvgIpc) is 3.94. The first-order valence-electron chi connectivity index (χ1n) is 24.9. The number of hydrogen-bond acceptors (Lipinski definition) is 1. The van der Waals surface area contributed by atoms with E-state index >= 15 is 0 Å². The average molecular weight is 804 g/mol. The molecule has 9 aromatic rings. The lowest BCUT2D eigenvalue weighted by Gasteiger charge is -2.34. The van der Waals surface area contributed by atoms with Gasteiger partial charge in [-0.15, -0.1) is 0 Å². The lowest BCUT2D eigenvalue weighted by Crippen LogP contribution is -2.72. The van der Waals surface area contributed by atoms with Gasteiger partial charge in [-0.25, -0.2) is 0 Å². The number of hydrogen-bond donors (Lipinski definition) is 0. The number of fused-ring (bicyclic) bond motifs is 9. The van der Waals surface area contributed by atoms with Gasteiger partial charge in [-0.05, 0) is 125 Å². The van der Waals surface area contributed by atoms with Gasteiger partial charge < -0.3 is 4.90 Å². The second-order valence-electron chi connectivity index (χ2n) is 17.2. The van der Waals surface area contributed by atoms with Crippen molar-refractivity contribution in [3.8, 4) is 33.4 Å². The van der Waals surface area contributed by atoms with Crippen molar-refractivity contribution in [1.29, 1.82) is 0 Å². The topological polar surface area (TPSA) is 3.24 Å². The van der Waals surface area contributed by atoms with Crippen LogP contribution in [0.2, 0.25) is 0 Å². The lowest BCUT2D eigenvalue weighted by molar-refractivity contribution is 0.660. The third-order valence-electron chi connectivity index (χ3n) is 13.9. The quantitative estimate of drug-likeness (QED) is 0.151. The van der Waals surface area contributed by atoms with Crippen LogP contribution in [-0.4, -0.2) is 8.07 Å². The van der Waals surface area contributed by atoms with Gasteiger partial charge in [0.05, 0.1) is 11.0 Å². The molecule has 12 rings (SSSR count). The summed E-state index contributed by atoms with van der Waals surface area (Å²) in [5.74, 6) is 0. The van der Waals surface area contributed by atoms with E-state index in [1.807, 2.05) is 42.5 Å². The number of rotatable bonds is 6. The first kappa shape index (κ1) is 28.5. The Morgan fingerprint density at radius 3 is 1.56 bits per heavy atom. The van der Waals surface area contributed by atoms with Gasteiger partial charge >= 0.3 is 0 Å². The summed E-state index contributed by atoms with van der Waals surface area (Å²) in [7, 11) is -4.02. The van der Waals surface area contributed by atoms with Gasteiger partial charge in [0.25, 0.3) is 0 Å². The molecule has 3 aliphatic rings. The molecule has 0 saturated heterocycles. The summed E-state index contributed by atoms with van der Waals surface area (Å²) < 4.78 is 74.1. The van der Waals surface area contributed by atoms with Gasteiger partial charge in [0.15, 0.2) is 8.07 Å². The molecule has 9 aromatic carbocycles. The monoisotopic (exact) mass is 803 g/mol. The Bertz CT molecular complexity index is 3600. The molecule has 0 bridgehead atoms. The number of anilines is 3.